The summed E-state index contributed by atoms with van der Waals surface area (Å²) in [6.07, 6.45) is 4.67. The predicted octanol–water partition coefficient (Wildman–Crippen LogP) is 1.37. The molecule has 0 radical (unpaired) electrons. The van der Waals surface area contributed by atoms with Crippen LogP contribution in [0.5, 0.6) is 0 Å². The molecule has 2 unspecified atom stereocenters. The first-order chi connectivity index (χ1) is 8.98. The molecule has 1 aliphatic carbocycles. The van der Waals surface area contributed by atoms with Crippen molar-refractivity contribution in [2.45, 2.75) is 52.1 Å². The molecule has 110 valence electrons. The minimum atomic E-state index is -0.321. The molecule has 19 heavy (non-hydrogen) atoms. The molecule has 2 rings (SSSR count). The highest BCUT2D eigenvalue weighted by molar-refractivity contribution is 5.83. The summed E-state index contributed by atoms with van der Waals surface area (Å²) < 4.78 is 0. The normalized spacial score (nSPS) is 37.4. The fourth-order valence-electron chi connectivity index (χ4n) is 3.52. The Hall–Kier alpha value is -0.610. The van der Waals surface area contributed by atoms with Crippen LogP contribution in [-0.2, 0) is 4.79 Å². The second kappa shape index (κ2) is 5.80. The third kappa shape index (κ3) is 2.95. The van der Waals surface area contributed by atoms with Crippen molar-refractivity contribution in [2.75, 3.05) is 19.6 Å². The zero-order valence-electron chi connectivity index (χ0n) is 12.3. The Kier molecular flexibility index (Phi) is 4.51. The Labute approximate surface area is 116 Å². The number of carbonyl (C=O) groups is 1. The van der Waals surface area contributed by atoms with E-state index in [-0.39, 0.29) is 23.3 Å². The summed E-state index contributed by atoms with van der Waals surface area (Å²) in [4.78, 5) is 14.7. The quantitative estimate of drug-likeness (QED) is 0.812. The standard InChI is InChI=1S/C15H28N2O2/c1-11-3-6-15(10-16,7-4-11)14(19)17-8-5-13(9-17)12(2)18/h11-13,18H,3-10,16H2,1-2H3. The minimum absolute atomic E-state index is 0.237. The lowest BCUT2D eigenvalue weighted by Gasteiger charge is -2.39. The van der Waals surface area contributed by atoms with Crippen LogP contribution in [0.25, 0.3) is 0 Å². The maximum atomic E-state index is 12.8. The summed E-state index contributed by atoms with van der Waals surface area (Å²) in [6, 6.07) is 0. The van der Waals surface area contributed by atoms with Crippen LogP contribution in [0, 0.1) is 17.3 Å². The van der Waals surface area contributed by atoms with Crippen molar-refractivity contribution in [2.24, 2.45) is 23.0 Å². The van der Waals surface area contributed by atoms with Crippen LogP contribution in [0.1, 0.15) is 46.0 Å². The number of nitrogens with zero attached hydrogens (tertiary/aromatic N) is 1. The van der Waals surface area contributed by atoms with Crippen LogP contribution in [0.4, 0.5) is 0 Å². The molecule has 4 nitrogen and oxygen atoms in total. The van der Waals surface area contributed by atoms with Gasteiger partial charge in [0.1, 0.15) is 0 Å². The molecule has 2 aliphatic rings. The molecule has 0 spiro atoms. The van der Waals surface area contributed by atoms with Crippen molar-refractivity contribution in [1.29, 1.82) is 0 Å². The summed E-state index contributed by atoms with van der Waals surface area (Å²) in [5.74, 6) is 1.20. The molecule has 3 N–H and O–H groups in total. The van der Waals surface area contributed by atoms with Crippen LogP contribution in [0.15, 0.2) is 0 Å². The first-order valence-corrected chi connectivity index (χ1v) is 7.66. The third-order valence-electron chi connectivity index (χ3n) is 5.27. The van der Waals surface area contributed by atoms with E-state index in [4.69, 9.17) is 5.73 Å². The van der Waals surface area contributed by atoms with E-state index in [0.717, 1.165) is 44.6 Å². The molecule has 0 aromatic rings. The van der Waals surface area contributed by atoms with Crippen molar-refractivity contribution in [3.8, 4) is 0 Å². The second-order valence-electron chi connectivity index (χ2n) is 6.71. The van der Waals surface area contributed by atoms with Crippen molar-refractivity contribution in [1.82, 2.24) is 4.90 Å². The van der Waals surface area contributed by atoms with E-state index >= 15 is 0 Å². The van der Waals surface area contributed by atoms with Gasteiger partial charge in [0.15, 0.2) is 0 Å². The van der Waals surface area contributed by atoms with Gasteiger partial charge in [-0.25, -0.2) is 0 Å². The summed E-state index contributed by atoms with van der Waals surface area (Å²) in [5, 5.41) is 9.66. The number of nitrogens with two attached hydrogens (primary N) is 1. The van der Waals surface area contributed by atoms with Crippen LogP contribution in [-0.4, -0.2) is 41.7 Å². The Morgan fingerprint density at radius 1 is 1.42 bits per heavy atom. The molecule has 1 saturated carbocycles. The molecular weight excluding hydrogens is 240 g/mol. The number of likely N-dealkylation sites (tertiary alicyclic amines) is 1. The van der Waals surface area contributed by atoms with Gasteiger partial charge in [0.25, 0.3) is 0 Å². The monoisotopic (exact) mass is 268 g/mol. The molecular formula is C15H28N2O2. The van der Waals surface area contributed by atoms with Crippen molar-refractivity contribution < 1.29 is 9.90 Å². The highest BCUT2D eigenvalue weighted by atomic mass is 16.3. The maximum Gasteiger partial charge on any atom is 0.230 e. The molecule has 0 aromatic carbocycles. The van der Waals surface area contributed by atoms with Crippen LogP contribution in [0.3, 0.4) is 0 Å². The topological polar surface area (TPSA) is 66.6 Å². The van der Waals surface area contributed by atoms with Gasteiger partial charge < -0.3 is 15.7 Å². The highest BCUT2D eigenvalue weighted by Gasteiger charge is 2.44. The van der Waals surface area contributed by atoms with E-state index in [9.17, 15) is 9.90 Å². The molecule has 0 aromatic heterocycles. The van der Waals surface area contributed by atoms with E-state index in [1.54, 1.807) is 0 Å². The largest absolute Gasteiger partial charge is 0.393 e. The lowest BCUT2D eigenvalue weighted by molar-refractivity contribution is -0.143. The summed E-state index contributed by atoms with van der Waals surface area (Å²) in [7, 11) is 0. The SMILES string of the molecule is CC1CCC(CN)(C(=O)N2CCC(C(C)O)C2)CC1. The van der Waals surface area contributed by atoms with Gasteiger partial charge in [-0.05, 0) is 44.9 Å². The molecule has 1 aliphatic heterocycles. The van der Waals surface area contributed by atoms with E-state index in [2.05, 4.69) is 6.92 Å². The van der Waals surface area contributed by atoms with Gasteiger partial charge in [-0.3, -0.25) is 4.79 Å². The fraction of sp³-hybridized carbons (Fsp3) is 0.933. The second-order valence-corrected chi connectivity index (χ2v) is 6.71. The maximum absolute atomic E-state index is 12.8. The summed E-state index contributed by atoms with van der Waals surface area (Å²) in [6.45, 7) is 6.03. The highest BCUT2D eigenvalue weighted by Crippen LogP contribution is 2.40. The van der Waals surface area contributed by atoms with Crippen LogP contribution >= 0.6 is 0 Å². The Balaban J connectivity index is 2.02. The zero-order chi connectivity index (χ0) is 14.0. The van der Waals surface area contributed by atoms with E-state index < -0.39 is 0 Å². The number of aliphatic hydroxyl groups is 1. The first kappa shape index (κ1) is 14.8. The molecule has 1 amide bonds. The van der Waals surface area contributed by atoms with E-state index in [1.165, 1.54) is 0 Å². The number of carbonyl (C=O) groups excluding carboxylic acids is 1. The van der Waals surface area contributed by atoms with Gasteiger partial charge in [0.2, 0.25) is 5.91 Å². The number of aliphatic hydroxyl groups excluding tert-OH is 1. The van der Waals surface area contributed by atoms with Gasteiger partial charge in [-0.15, -0.1) is 0 Å². The van der Waals surface area contributed by atoms with Gasteiger partial charge in [-0.1, -0.05) is 6.92 Å². The molecule has 1 heterocycles. The van der Waals surface area contributed by atoms with Crippen LogP contribution < -0.4 is 5.73 Å². The number of amides is 1. The molecule has 2 fully saturated rings. The van der Waals surface area contributed by atoms with Crippen molar-refractivity contribution in [3.63, 3.8) is 0 Å². The molecule has 4 heteroatoms. The lowest BCUT2D eigenvalue weighted by atomic mass is 9.70. The van der Waals surface area contributed by atoms with Gasteiger partial charge in [0, 0.05) is 25.6 Å². The number of hydrogen-bond acceptors (Lipinski definition) is 3. The molecule has 0 bridgehead atoms. The van der Waals surface area contributed by atoms with Gasteiger partial charge in [-0.2, -0.15) is 0 Å². The third-order valence-corrected chi connectivity index (χ3v) is 5.27. The number of rotatable bonds is 3. The van der Waals surface area contributed by atoms with Gasteiger partial charge >= 0.3 is 0 Å². The van der Waals surface area contributed by atoms with Gasteiger partial charge in [0.05, 0.1) is 11.5 Å². The average Bonchev–Trinajstić information content (AvgIpc) is 2.89. The first-order valence-electron chi connectivity index (χ1n) is 7.66. The Morgan fingerprint density at radius 3 is 2.53 bits per heavy atom. The summed E-state index contributed by atoms with van der Waals surface area (Å²) >= 11 is 0. The van der Waals surface area contributed by atoms with Crippen LogP contribution in [0.2, 0.25) is 0 Å². The van der Waals surface area contributed by atoms with E-state index in [1.807, 2.05) is 11.8 Å². The average molecular weight is 268 g/mol. The number of hydrogen-bond donors (Lipinski definition) is 2. The fourth-order valence-corrected chi connectivity index (χ4v) is 3.52. The molecule has 1 saturated heterocycles. The smallest absolute Gasteiger partial charge is 0.230 e. The Bertz CT molecular complexity index is 322. The zero-order valence-corrected chi connectivity index (χ0v) is 12.3. The molecule has 2 atom stereocenters. The van der Waals surface area contributed by atoms with Crippen molar-refractivity contribution >= 4 is 5.91 Å². The van der Waals surface area contributed by atoms with Crippen molar-refractivity contribution in [3.05, 3.63) is 0 Å². The van der Waals surface area contributed by atoms with E-state index in [0.29, 0.717) is 13.1 Å². The summed E-state index contributed by atoms with van der Waals surface area (Å²) in [5.41, 5.74) is 5.63. The lowest BCUT2D eigenvalue weighted by Crippen LogP contribution is -2.49. The Morgan fingerprint density at radius 2 is 2.05 bits per heavy atom. The predicted molar refractivity (Wildman–Crippen MR) is 75.5 cm³/mol. The minimum Gasteiger partial charge on any atom is -0.393 e.